The van der Waals surface area contributed by atoms with E-state index in [1.807, 2.05) is 0 Å². The molecule has 10 nitrogen and oxygen atoms in total. The summed E-state index contributed by atoms with van der Waals surface area (Å²) in [4.78, 5) is 24.6. The van der Waals surface area contributed by atoms with Crippen molar-refractivity contribution in [1.82, 2.24) is 19.5 Å². The summed E-state index contributed by atoms with van der Waals surface area (Å²) in [5.41, 5.74) is 1.12. The van der Waals surface area contributed by atoms with E-state index in [2.05, 4.69) is 20.3 Å². The second-order valence-electron chi connectivity index (χ2n) is 8.55. The number of carbonyl (C=O) groups is 1. The molecule has 10 heteroatoms. The Labute approximate surface area is 173 Å². The molecule has 3 unspecified atom stereocenters. The zero-order valence-corrected chi connectivity index (χ0v) is 16.8. The number of esters is 1. The Balaban J connectivity index is 1.35. The minimum Gasteiger partial charge on any atom is -0.463 e. The molecule has 162 valence electrons. The highest BCUT2D eigenvalue weighted by molar-refractivity contribution is 5.82. The molecule has 2 bridgehead atoms. The molecule has 1 aliphatic heterocycles. The summed E-state index contributed by atoms with van der Waals surface area (Å²) in [6.45, 7) is 1.56. The molecule has 3 N–H and O–H groups in total. The van der Waals surface area contributed by atoms with E-state index in [9.17, 15) is 15.0 Å². The van der Waals surface area contributed by atoms with Crippen LogP contribution in [0.2, 0.25) is 0 Å². The molecule has 0 aromatic carbocycles. The predicted molar refractivity (Wildman–Crippen MR) is 105 cm³/mol. The minimum absolute atomic E-state index is 0.125. The normalized spacial score (nSPS) is 35.2. The molecule has 2 aromatic rings. The molecule has 3 heterocycles. The summed E-state index contributed by atoms with van der Waals surface area (Å²) in [5.74, 6) is 1.78. The third-order valence-corrected chi connectivity index (χ3v) is 6.73. The summed E-state index contributed by atoms with van der Waals surface area (Å²) in [6, 6.07) is 0.403. The summed E-state index contributed by atoms with van der Waals surface area (Å²) < 4.78 is 12.5. The molecule has 30 heavy (non-hydrogen) atoms. The summed E-state index contributed by atoms with van der Waals surface area (Å²) >= 11 is 0. The number of carbonyl (C=O) groups excluding carboxylic acids is 1. The van der Waals surface area contributed by atoms with Crippen molar-refractivity contribution in [3.63, 3.8) is 0 Å². The molecule has 0 radical (unpaired) electrons. The van der Waals surface area contributed by atoms with Gasteiger partial charge < -0.3 is 25.0 Å². The second kappa shape index (κ2) is 7.75. The first kappa shape index (κ1) is 19.7. The lowest BCUT2D eigenvalue weighted by Gasteiger charge is -2.23. The van der Waals surface area contributed by atoms with E-state index >= 15 is 0 Å². The van der Waals surface area contributed by atoms with E-state index in [-0.39, 0.29) is 19.0 Å². The van der Waals surface area contributed by atoms with E-state index in [4.69, 9.17) is 9.47 Å². The van der Waals surface area contributed by atoms with Crippen molar-refractivity contribution in [2.24, 2.45) is 11.8 Å². The number of aromatic nitrogens is 4. The van der Waals surface area contributed by atoms with Gasteiger partial charge in [-0.05, 0) is 31.1 Å². The number of hydrogen-bond donors (Lipinski definition) is 3. The molecule has 2 saturated carbocycles. The molecule has 0 spiro atoms. The molecular formula is C20H27N5O5. The van der Waals surface area contributed by atoms with Crippen molar-refractivity contribution >= 4 is 23.0 Å². The van der Waals surface area contributed by atoms with Crippen LogP contribution >= 0.6 is 0 Å². The van der Waals surface area contributed by atoms with Crippen molar-refractivity contribution in [3.8, 4) is 0 Å². The number of nitrogens with one attached hydrogen (secondary N) is 1. The predicted octanol–water partition coefficient (Wildman–Crippen LogP) is 0.999. The molecule has 2 aromatic heterocycles. The third kappa shape index (κ3) is 3.32. The van der Waals surface area contributed by atoms with Gasteiger partial charge in [-0.1, -0.05) is 13.3 Å². The van der Waals surface area contributed by atoms with E-state index < -0.39 is 24.5 Å². The van der Waals surface area contributed by atoms with Crippen molar-refractivity contribution in [3.05, 3.63) is 12.7 Å². The summed E-state index contributed by atoms with van der Waals surface area (Å²) in [6.07, 6.45) is 4.15. The maximum atomic E-state index is 11.4. The standard InChI is InChI=1S/C20H27N5O5/c1-2-14(26)29-7-13-16(27)17(28)20(30-13)25-9-23-15-18(21-8-22-19(15)25)24-12-6-10-3-4-11(12)5-10/h8-13,16-17,20,27-28H,2-7H2,1H3,(H,21,22,24)/t10?,11?,12?,13-,16-,17-,20-/m1/s1. The Hall–Kier alpha value is -2.30. The number of anilines is 1. The lowest BCUT2D eigenvalue weighted by Crippen LogP contribution is -2.34. The second-order valence-corrected chi connectivity index (χ2v) is 8.55. The fourth-order valence-corrected chi connectivity index (χ4v) is 5.11. The number of fused-ring (bicyclic) bond motifs is 3. The van der Waals surface area contributed by atoms with Gasteiger partial charge in [0, 0.05) is 12.5 Å². The molecule has 7 atom stereocenters. The van der Waals surface area contributed by atoms with Gasteiger partial charge in [0.05, 0.1) is 6.33 Å². The van der Waals surface area contributed by atoms with Crippen LogP contribution in [0.1, 0.15) is 45.3 Å². The van der Waals surface area contributed by atoms with Gasteiger partial charge >= 0.3 is 5.97 Å². The Morgan fingerprint density at radius 2 is 2.13 bits per heavy atom. The van der Waals surface area contributed by atoms with Crippen LogP contribution in [-0.2, 0) is 14.3 Å². The highest BCUT2D eigenvalue weighted by atomic mass is 16.6. The molecule has 3 fully saturated rings. The Morgan fingerprint density at radius 3 is 2.87 bits per heavy atom. The maximum Gasteiger partial charge on any atom is 0.305 e. The largest absolute Gasteiger partial charge is 0.463 e. The molecule has 0 amide bonds. The van der Waals surface area contributed by atoms with Gasteiger partial charge in [-0.15, -0.1) is 0 Å². The minimum atomic E-state index is -1.20. The first-order valence-electron chi connectivity index (χ1n) is 10.7. The number of aliphatic hydroxyl groups excluding tert-OH is 2. The Bertz CT molecular complexity index is 935. The van der Waals surface area contributed by atoms with Crippen LogP contribution in [0.3, 0.4) is 0 Å². The smallest absolute Gasteiger partial charge is 0.305 e. The molecular weight excluding hydrogens is 390 g/mol. The van der Waals surface area contributed by atoms with Crippen molar-refractivity contribution < 1.29 is 24.5 Å². The van der Waals surface area contributed by atoms with Crippen molar-refractivity contribution in [2.45, 2.75) is 69.6 Å². The van der Waals surface area contributed by atoms with Crippen LogP contribution in [0.5, 0.6) is 0 Å². The number of aliphatic hydroxyl groups is 2. The van der Waals surface area contributed by atoms with Gasteiger partial charge in [-0.25, -0.2) is 15.0 Å². The van der Waals surface area contributed by atoms with Crippen molar-refractivity contribution in [2.75, 3.05) is 11.9 Å². The zero-order valence-electron chi connectivity index (χ0n) is 16.8. The first-order chi connectivity index (χ1) is 14.5. The van der Waals surface area contributed by atoms with Crippen LogP contribution in [0.25, 0.3) is 11.2 Å². The quantitative estimate of drug-likeness (QED) is 0.589. The third-order valence-electron chi connectivity index (χ3n) is 6.73. The molecule has 2 aliphatic carbocycles. The number of rotatable bonds is 6. The van der Waals surface area contributed by atoms with Crippen LogP contribution in [0.4, 0.5) is 5.82 Å². The zero-order chi connectivity index (χ0) is 20.8. The van der Waals surface area contributed by atoms with Gasteiger partial charge in [0.15, 0.2) is 23.2 Å². The Kier molecular flexibility index (Phi) is 5.08. The van der Waals surface area contributed by atoms with Gasteiger partial charge in [0.25, 0.3) is 0 Å². The van der Waals surface area contributed by atoms with Crippen LogP contribution in [0.15, 0.2) is 12.7 Å². The van der Waals surface area contributed by atoms with Crippen LogP contribution in [0, 0.1) is 11.8 Å². The van der Waals surface area contributed by atoms with Crippen LogP contribution in [-0.4, -0.2) is 66.7 Å². The van der Waals surface area contributed by atoms with Gasteiger partial charge in [-0.3, -0.25) is 9.36 Å². The number of nitrogens with zero attached hydrogens (tertiary/aromatic N) is 4. The van der Waals surface area contributed by atoms with Gasteiger partial charge in [0.2, 0.25) is 0 Å². The average Bonchev–Trinajstić information content (AvgIpc) is 3.52. The fourth-order valence-electron chi connectivity index (χ4n) is 5.11. The fraction of sp³-hybridized carbons (Fsp3) is 0.700. The topological polar surface area (TPSA) is 132 Å². The lowest BCUT2D eigenvalue weighted by molar-refractivity contribution is -0.149. The monoisotopic (exact) mass is 417 g/mol. The lowest BCUT2D eigenvalue weighted by atomic mass is 9.95. The summed E-state index contributed by atoms with van der Waals surface area (Å²) in [7, 11) is 0. The number of imidazole rings is 1. The van der Waals surface area contributed by atoms with Gasteiger partial charge in [-0.2, -0.15) is 0 Å². The van der Waals surface area contributed by atoms with Crippen molar-refractivity contribution in [1.29, 1.82) is 0 Å². The van der Waals surface area contributed by atoms with E-state index in [1.165, 1.54) is 31.9 Å². The molecule has 5 rings (SSSR count). The molecule has 3 aliphatic rings. The molecule has 1 saturated heterocycles. The average molecular weight is 417 g/mol. The van der Waals surface area contributed by atoms with Gasteiger partial charge in [0.1, 0.15) is 31.2 Å². The van der Waals surface area contributed by atoms with E-state index in [0.29, 0.717) is 28.9 Å². The Morgan fingerprint density at radius 1 is 1.27 bits per heavy atom. The number of hydrogen-bond acceptors (Lipinski definition) is 9. The highest BCUT2D eigenvalue weighted by Gasteiger charge is 2.45. The summed E-state index contributed by atoms with van der Waals surface area (Å²) in [5, 5.41) is 24.4. The number of ether oxygens (including phenoxy) is 2. The van der Waals surface area contributed by atoms with Crippen LogP contribution < -0.4 is 5.32 Å². The SMILES string of the molecule is CCC(=O)OC[C@H]1O[C@@H](n2cnc3c(NC4CC5CCC4C5)ncnc32)[C@H](O)[C@@H]1O. The maximum absolute atomic E-state index is 11.4. The first-order valence-corrected chi connectivity index (χ1v) is 10.7. The highest BCUT2D eigenvalue weighted by Crippen LogP contribution is 2.45. The van der Waals surface area contributed by atoms with E-state index in [0.717, 1.165) is 12.3 Å². The van der Waals surface area contributed by atoms with E-state index in [1.54, 1.807) is 11.5 Å².